The molecule has 140 valence electrons. The van der Waals surface area contributed by atoms with Gasteiger partial charge in [-0.05, 0) is 42.3 Å². The summed E-state index contributed by atoms with van der Waals surface area (Å²) in [4.78, 5) is 12.4. The summed E-state index contributed by atoms with van der Waals surface area (Å²) < 4.78 is 23.9. The number of carbonyl (C=O) groups excluding carboxylic acids is 1. The van der Waals surface area contributed by atoms with Crippen molar-refractivity contribution in [2.75, 3.05) is 19.5 Å². The lowest BCUT2D eigenvalue weighted by atomic mass is 10.0. The molecule has 2 aromatic carbocycles. The molecule has 27 heavy (non-hydrogen) atoms. The third-order valence-electron chi connectivity index (χ3n) is 4.13. The van der Waals surface area contributed by atoms with E-state index in [0.717, 1.165) is 16.8 Å². The summed E-state index contributed by atoms with van der Waals surface area (Å²) in [5, 5.41) is 9.86. The third kappa shape index (κ3) is 4.08. The number of hydrogen-bond acceptors (Lipinski definition) is 4. The quantitative estimate of drug-likeness (QED) is 0.694. The lowest BCUT2D eigenvalue weighted by Crippen LogP contribution is -2.15. The predicted octanol–water partition coefficient (Wildman–Crippen LogP) is 3.72. The molecule has 0 aliphatic rings. The average molecular weight is 369 g/mol. The molecule has 6 nitrogen and oxygen atoms in total. The molecule has 3 rings (SSSR count). The van der Waals surface area contributed by atoms with Crippen LogP contribution in [0, 0.1) is 12.7 Å². The van der Waals surface area contributed by atoms with Gasteiger partial charge in [0.1, 0.15) is 5.82 Å². The van der Waals surface area contributed by atoms with Crippen LogP contribution < -0.4 is 14.8 Å². The smallest absolute Gasteiger partial charge is 0.230 e. The van der Waals surface area contributed by atoms with E-state index in [0.29, 0.717) is 22.9 Å². The van der Waals surface area contributed by atoms with Crippen molar-refractivity contribution in [3.05, 3.63) is 59.5 Å². The molecule has 0 fully saturated rings. The molecular formula is C20H20FN3O3. The number of aromatic amines is 1. The number of aromatic nitrogens is 2. The predicted molar refractivity (Wildman–Crippen MR) is 101 cm³/mol. The molecule has 1 amide bonds. The van der Waals surface area contributed by atoms with E-state index < -0.39 is 0 Å². The number of ether oxygens (including phenoxy) is 2. The van der Waals surface area contributed by atoms with Crippen LogP contribution in [0.15, 0.2) is 42.5 Å². The van der Waals surface area contributed by atoms with E-state index in [1.807, 2.05) is 19.1 Å². The Morgan fingerprint density at radius 1 is 1.15 bits per heavy atom. The molecule has 0 aliphatic carbocycles. The maximum absolute atomic E-state index is 13.3. The van der Waals surface area contributed by atoms with Gasteiger partial charge in [-0.1, -0.05) is 18.2 Å². The Labute approximate surface area is 156 Å². The second-order valence-electron chi connectivity index (χ2n) is 6.00. The number of carbonyl (C=O) groups is 1. The lowest BCUT2D eigenvalue weighted by Gasteiger charge is -2.11. The van der Waals surface area contributed by atoms with E-state index in [1.54, 1.807) is 32.4 Å². The maximum atomic E-state index is 13.3. The van der Waals surface area contributed by atoms with Gasteiger partial charge in [-0.15, -0.1) is 0 Å². The van der Waals surface area contributed by atoms with Gasteiger partial charge in [0.25, 0.3) is 0 Å². The monoisotopic (exact) mass is 369 g/mol. The normalized spacial score (nSPS) is 10.5. The number of H-pyrrole nitrogens is 1. The molecule has 0 saturated heterocycles. The number of methoxy groups -OCH3 is 2. The van der Waals surface area contributed by atoms with Crippen molar-refractivity contribution in [1.29, 1.82) is 0 Å². The standard InChI is InChI=1S/C20H20FN3O3/c1-12-19(14-7-8-16(26-2)17(11-14)27-3)20(24-23-12)22-18(25)10-13-5-4-6-15(21)9-13/h4-9,11H,10H2,1-3H3,(H2,22,23,24,25). The van der Waals surface area contributed by atoms with Gasteiger partial charge in [0.05, 0.1) is 20.6 Å². The zero-order valence-electron chi connectivity index (χ0n) is 15.3. The second kappa shape index (κ2) is 7.90. The SMILES string of the molecule is COc1ccc(-c2c(NC(=O)Cc3cccc(F)c3)n[nH]c2C)cc1OC. The minimum Gasteiger partial charge on any atom is -0.493 e. The number of hydrogen-bond donors (Lipinski definition) is 2. The van der Waals surface area contributed by atoms with Crippen LogP contribution in [-0.2, 0) is 11.2 Å². The fourth-order valence-corrected chi connectivity index (χ4v) is 2.87. The van der Waals surface area contributed by atoms with Crippen LogP contribution in [-0.4, -0.2) is 30.3 Å². The van der Waals surface area contributed by atoms with Crippen LogP contribution in [0.3, 0.4) is 0 Å². The Morgan fingerprint density at radius 3 is 2.63 bits per heavy atom. The average Bonchev–Trinajstić information content (AvgIpc) is 3.01. The first-order chi connectivity index (χ1) is 13.0. The van der Waals surface area contributed by atoms with Crippen molar-refractivity contribution in [3.8, 4) is 22.6 Å². The highest BCUT2D eigenvalue weighted by Gasteiger charge is 2.17. The van der Waals surface area contributed by atoms with Gasteiger partial charge < -0.3 is 14.8 Å². The summed E-state index contributed by atoms with van der Waals surface area (Å²) in [5.41, 5.74) is 2.96. The molecule has 1 heterocycles. The minimum atomic E-state index is -0.373. The van der Waals surface area contributed by atoms with Gasteiger partial charge in [-0.3, -0.25) is 9.89 Å². The van der Waals surface area contributed by atoms with Crippen LogP contribution in [0.4, 0.5) is 10.2 Å². The molecule has 3 aromatic rings. The first-order valence-electron chi connectivity index (χ1n) is 8.33. The van der Waals surface area contributed by atoms with Crippen molar-refractivity contribution in [2.45, 2.75) is 13.3 Å². The van der Waals surface area contributed by atoms with E-state index in [4.69, 9.17) is 9.47 Å². The lowest BCUT2D eigenvalue weighted by molar-refractivity contribution is -0.115. The van der Waals surface area contributed by atoms with Crippen molar-refractivity contribution in [2.24, 2.45) is 0 Å². The van der Waals surface area contributed by atoms with E-state index in [2.05, 4.69) is 15.5 Å². The number of rotatable bonds is 6. The number of benzene rings is 2. The molecule has 0 radical (unpaired) electrons. The van der Waals surface area contributed by atoms with E-state index in [1.165, 1.54) is 12.1 Å². The highest BCUT2D eigenvalue weighted by molar-refractivity contribution is 5.95. The van der Waals surface area contributed by atoms with Crippen LogP contribution >= 0.6 is 0 Å². The first-order valence-corrected chi connectivity index (χ1v) is 8.33. The number of aryl methyl sites for hydroxylation is 1. The molecule has 0 atom stereocenters. The Morgan fingerprint density at radius 2 is 1.93 bits per heavy atom. The zero-order valence-corrected chi connectivity index (χ0v) is 15.3. The number of halogens is 1. The molecule has 2 N–H and O–H groups in total. The molecule has 0 unspecified atom stereocenters. The summed E-state index contributed by atoms with van der Waals surface area (Å²) >= 11 is 0. The van der Waals surface area contributed by atoms with Gasteiger partial charge in [0.15, 0.2) is 17.3 Å². The number of anilines is 1. The van der Waals surface area contributed by atoms with Crippen LogP contribution in [0.25, 0.3) is 11.1 Å². The second-order valence-corrected chi connectivity index (χ2v) is 6.00. The van der Waals surface area contributed by atoms with E-state index >= 15 is 0 Å². The summed E-state index contributed by atoms with van der Waals surface area (Å²) in [6.07, 6.45) is 0.0506. The Bertz CT molecular complexity index is 969. The van der Waals surface area contributed by atoms with Crippen molar-refractivity contribution < 1.29 is 18.7 Å². The van der Waals surface area contributed by atoms with Crippen molar-refractivity contribution in [3.63, 3.8) is 0 Å². The summed E-state index contributed by atoms with van der Waals surface area (Å²) in [6, 6.07) is 11.4. The van der Waals surface area contributed by atoms with Crippen LogP contribution in [0.2, 0.25) is 0 Å². The molecule has 1 aromatic heterocycles. The summed E-state index contributed by atoms with van der Waals surface area (Å²) in [7, 11) is 3.13. The highest BCUT2D eigenvalue weighted by Crippen LogP contribution is 2.36. The van der Waals surface area contributed by atoms with E-state index in [9.17, 15) is 9.18 Å². The van der Waals surface area contributed by atoms with Gasteiger partial charge in [-0.2, -0.15) is 5.10 Å². The largest absolute Gasteiger partial charge is 0.493 e. The molecule has 7 heteroatoms. The van der Waals surface area contributed by atoms with Crippen LogP contribution in [0.5, 0.6) is 11.5 Å². The summed E-state index contributed by atoms with van der Waals surface area (Å²) in [5.74, 6) is 0.934. The Kier molecular flexibility index (Phi) is 5.40. The van der Waals surface area contributed by atoms with Gasteiger partial charge in [0.2, 0.25) is 5.91 Å². The van der Waals surface area contributed by atoms with Crippen molar-refractivity contribution >= 4 is 11.7 Å². The Hall–Kier alpha value is -3.35. The number of nitrogens with zero attached hydrogens (tertiary/aromatic N) is 1. The topological polar surface area (TPSA) is 76.2 Å². The Balaban J connectivity index is 1.85. The molecule has 0 saturated carbocycles. The molecular weight excluding hydrogens is 349 g/mol. The first kappa shape index (κ1) is 18.4. The van der Waals surface area contributed by atoms with Gasteiger partial charge in [-0.25, -0.2) is 4.39 Å². The highest BCUT2D eigenvalue weighted by atomic mass is 19.1. The molecule has 0 spiro atoms. The van der Waals surface area contributed by atoms with Gasteiger partial charge in [0, 0.05) is 11.3 Å². The number of nitrogens with one attached hydrogen (secondary N) is 2. The number of amides is 1. The minimum absolute atomic E-state index is 0.0506. The molecule has 0 aliphatic heterocycles. The van der Waals surface area contributed by atoms with Crippen molar-refractivity contribution in [1.82, 2.24) is 10.2 Å². The fraction of sp³-hybridized carbons (Fsp3) is 0.200. The maximum Gasteiger partial charge on any atom is 0.230 e. The van der Waals surface area contributed by atoms with Gasteiger partial charge >= 0.3 is 0 Å². The van der Waals surface area contributed by atoms with Crippen LogP contribution in [0.1, 0.15) is 11.3 Å². The third-order valence-corrected chi connectivity index (χ3v) is 4.13. The summed E-state index contributed by atoms with van der Waals surface area (Å²) in [6.45, 7) is 1.86. The fourth-order valence-electron chi connectivity index (χ4n) is 2.87. The molecule has 0 bridgehead atoms. The zero-order chi connectivity index (χ0) is 19.4. The van der Waals surface area contributed by atoms with E-state index in [-0.39, 0.29) is 18.1 Å².